The quantitative estimate of drug-likeness (QED) is 0.558. The highest BCUT2D eigenvalue weighted by Gasteiger charge is 2.05. The molecule has 0 atom stereocenters. The highest BCUT2D eigenvalue weighted by atomic mass is 16.2. The SMILES string of the molecule is CC(=O)N(C)C.O=C1CCCN1. The third-order valence-corrected chi connectivity index (χ3v) is 1.53. The summed E-state index contributed by atoms with van der Waals surface area (Å²) in [6.07, 6.45) is 1.76. The smallest absolute Gasteiger partial charge is 0.220 e. The van der Waals surface area contributed by atoms with E-state index in [2.05, 4.69) is 5.32 Å². The van der Waals surface area contributed by atoms with E-state index in [1.165, 1.54) is 11.8 Å². The predicted molar refractivity (Wildman–Crippen MR) is 46.6 cm³/mol. The van der Waals surface area contributed by atoms with Crippen molar-refractivity contribution in [2.24, 2.45) is 0 Å². The Morgan fingerprint density at radius 1 is 1.50 bits per heavy atom. The molecule has 0 radical (unpaired) electrons. The summed E-state index contributed by atoms with van der Waals surface area (Å²) >= 11 is 0. The Morgan fingerprint density at radius 3 is 2.08 bits per heavy atom. The Morgan fingerprint density at radius 2 is 2.00 bits per heavy atom. The summed E-state index contributed by atoms with van der Waals surface area (Å²) in [5, 5.41) is 2.68. The molecule has 1 aliphatic heterocycles. The van der Waals surface area contributed by atoms with E-state index >= 15 is 0 Å². The lowest BCUT2D eigenvalue weighted by Crippen LogP contribution is -2.17. The molecule has 1 aliphatic rings. The van der Waals surface area contributed by atoms with Crippen LogP contribution in [0.1, 0.15) is 19.8 Å². The minimum absolute atomic E-state index is 0.0926. The lowest BCUT2D eigenvalue weighted by Gasteiger charge is -2.02. The van der Waals surface area contributed by atoms with Gasteiger partial charge < -0.3 is 10.2 Å². The number of nitrogens with one attached hydrogen (secondary N) is 1. The molecule has 0 aromatic rings. The van der Waals surface area contributed by atoms with Crippen LogP contribution in [0, 0.1) is 0 Å². The standard InChI is InChI=1S/C4H7NO.C4H9NO/c6-4-2-1-3-5-4;1-4(6)5(2)3/h1-3H2,(H,5,6);1-3H3. The van der Waals surface area contributed by atoms with Crippen LogP contribution in [-0.2, 0) is 9.59 Å². The molecule has 1 fully saturated rings. The van der Waals surface area contributed by atoms with Gasteiger partial charge in [-0.3, -0.25) is 9.59 Å². The molecule has 1 N–H and O–H groups in total. The van der Waals surface area contributed by atoms with Crippen LogP contribution in [0.15, 0.2) is 0 Å². The van der Waals surface area contributed by atoms with Gasteiger partial charge in [0.25, 0.3) is 0 Å². The summed E-state index contributed by atoms with van der Waals surface area (Å²) in [5.41, 5.74) is 0. The van der Waals surface area contributed by atoms with E-state index in [1.807, 2.05) is 0 Å². The number of carbonyl (C=O) groups excluding carboxylic acids is 2. The van der Waals surface area contributed by atoms with E-state index in [9.17, 15) is 9.59 Å². The third-order valence-electron chi connectivity index (χ3n) is 1.53. The van der Waals surface area contributed by atoms with E-state index < -0.39 is 0 Å². The van der Waals surface area contributed by atoms with Gasteiger partial charge in [0.05, 0.1) is 0 Å². The molecular weight excluding hydrogens is 156 g/mol. The molecule has 0 spiro atoms. The fourth-order valence-electron chi connectivity index (χ4n) is 0.565. The van der Waals surface area contributed by atoms with Crippen LogP contribution in [0.2, 0.25) is 0 Å². The van der Waals surface area contributed by atoms with Crippen LogP contribution in [0.25, 0.3) is 0 Å². The highest BCUT2D eigenvalue weighted by molar-refractivity contribution is 5.77. The molecule has 1 heterocycles. The monoisotopic (exact) mass is 172 g/mol. The summed E-state index contributed by atoms with van der Waals surface area (Å²) in [5.74, 6) is 0.296. The molecule has 0 unspecified atom stereocenters. The third kappa shape index (κ3) is 5.70. The average Bonchev–Trinajstić information content (AvgIpc) is 2.40. The molecule has 4 heteroatoms. The number of nitrogens with zero attached hydrogens (tertiary/aromatic N) is 1. The van der Waals surface area contributed by atoms with Gasteiger partial charge in [-0.2, -0.15) is 0 Å². The molecule has 0 aromatic heterocycles. The minimum atomic E-state index is 0.0926. The molecule has 0 bridgehead atoms. The van der Waals surface area contributed by atoms with Gasteiger partial charge in [-0.05, 0) is 6.42 Å². The normalized spacial score (nSPS) is 14.4. The van der Waals surface area contributed by atoms with Crippen molar-refractivity contribution in [1.29, 1.82) is 0 Å². The zero-order chi connectivity index (χ0) is 9.56. The van der Waals surface area contributed by atoms with Crippen LogP contribution < -0.4 is 5.32 Å². The van der Waals surface area contributed by atoms with Gasteiger partial charge in [0.2, 0.25) is 11.8 Å². The Balaban J connectivity index is 0.000000202. The largest absolute Gasteiger partial charge is 0.356 e. The fraction of sp³-hybridized carbons (Fsp3) is 0.750. The summed E-state index contributed by atoms with van der Waals surface area (Å²) in [4.78, 5) is 21.7. The molecular formula is C8H16N2O2. The molecule has 1 saturated heterocycles. The molecule has 4 nitrogen and oxygen atoms in total. The van der Waals surface area contributed by atoms with Gasteiger partial charge in [0.1, 0.15) is 0 Å². The van der Waals surface area contributed by atoms with E-state index in [-0.39, 0.29) is 11.8 Å². The maximum Gasteiger partial charge on any atom is 0.220 e. The molecule has 0 aromatic carbocycles. The maximum absolute atomic E-state index is 10.1. The molecule has 2 amide bonds. The molecule has 12 heavy (non-hydrogen) atoms. The van der Waals surface area contributed by atoms with Crippen LogP contribution in [0.4, 0.5) is 0 Å². The lowest BCUT2D eigenvalue weighted by atomic mass is 10.4. The van der Waals surface area contributed by atoms with E-state index in [4.69, 9.17) is 0 Å². The van der Waals surface area contributed by atoms with E-state index in [0.717, 1.165) is 19.4 Å². The number of hydrogen-bond acceptors (Lipinski definition) is 2. The Hall–Kier alpha value is -1.06. The second-order valence-electron chi connectivity index (χ2n) is 2.87. The first-order chi connectivity index (χ1) is 5.54. The Labute approximate surface area is 72.9 Å². The van der Waals surface area contributed by atoms with Crippen molar-refractivity contribution in [3.8, 4) is 0 Å². The van der Waals surface area contributed by atoms with Crippen LogP contribution in [0.3, 0.4) is 0 Å². The second kappa shape index (κ2) is 5.57. The van der Waals surface area contributed by atoms with Crippen molar-refractivity contribution in [3.05, 3.63) is 0 Å². The predicted octanol–water partition coefficient (Wildman–Crippen LogP) is -0.00910. The first-order valence-electron chi connectivity index (χ1n) is 3.98. The summed E-state index contributed by atoms with van der Waals surface area (Å²) in [6, 6.07) is 0. The fourth-order valence-corrected chi connectivity index (χ4v) is 0.565. The summed E-state index contributed by atoms with van der Waals surface area (Å²) < 4.78 is 0. The number of hydrogen-bond donors (Lipinski definition) is 1. The van der Waals surface area contributed by atoms with Gasteiger partial charge >= 0.3 is 0 Å². The van der Waals surface area contributed by atoms with Crippen LogP contribution in [0.5, 0.6) is 0 Å². The highest BCUT2D eigenvalue weighted by Crippen LogP contribution is 1.93. The van der Waals surface area contributed by atoms with Crippen molar-refractivity contribution in [2.45, 2.75) is 19.8 Å². The van der Waals surface area contributed by atoms with Crippen molar-refractivity contribution in [3.63, 3.8) is 0 Å². The maximum atomic E-state index is 10.1. The first-order valence-corrected chi connectivity index (χ1v) is 3.98. The lowest BCUT2D eigenvalue weighted by molar-refractivity contribution is -0.126. The van der Waals surface area contributed by atoms with Gasteiger partial charge in [-0.25, -0.2) is 0 Å². The second-order valence-corrected chi connectivity index (χ2v) is 2.87. The van der Waals surface area contributed by atoms with Crippen LogP contribution in [-0.4, -0.2) is 37.4 Å². The summed E-state index contributed by atoms with van der Waals surface area (Å²) in [6.45, 7) is 2.42. The summed E-state index contributed by atoms with van der Waals surface area (Å²) in [7, 11) is 3.45. The molecule has 1 rings (SSSR count). The Kier molecular flexibility index (Phi) is 5.08. The minimum Gasteiger partial charge on any atom is -0.356 e. The average molecular weight is 172 g/mol. The zero-order valence-corrected chi connectivity index (χ0v) is 7.89. The van der Waals surface area contributed by atoms with E-state index in [0.29, 0.717) is 0 Å². The van der Waals surface area contributed by atoms with Crippen molar-refractivity contribution in [2.75, 3.05) is 20.6 Å². The number of amides is 2. The van der Waals surface area contributed by atoms with Gasteiger partial charge in [-0.15, -0.1) is 0 Å². The van der Waals surface area contributed by atoms with Gasteiger partial charge in [-0.1, -0.05) is 0 Å². The van der Waals surface area contributed by atoms with Crippen LogP contribution >= 0.6 is 0 Å². The van der Waals surface area contributed by atoms with Crippen molar-refractivity contribution in [1.82, 2.24) is 10.2 Å². The van der Waals surface area contributed by atoms with Crippen molar-refractivity contribution < 1.29 is 9.59 Å². The topological polar surface area (TPSA) is 49.4 Å². The molecule has 70 valence electrons. The number of carbonyl (C=O) groups is 2. The van der Waals surface area contributed by atoms with Gasteiger partial charge in [0.15, 0.2) is 0 Å². The number of rotatable bonds is 0. The molecule has 0 saturated carbocycles. The molecule has 0 aliphatic carbocycles. The zero-order valence-electron chi connectivity index (χ0n) is 7.89. The van der Waals surface area contributed by atoms with Gasteiger partial charge in [0, 0.05) is 34.0 Å². The Bertz CT molecular complexity index is 156. The first kappa shape index (κ1) is 10.9. The van der Waals surface area contributed by atoms with E-state index in [1.54, 1.807) is 14.1 Å². The van der Waals surface area contributed by atoms with Crippen molar-refractivity contribution >= 4 is 11.8 Å².